The summed E-state index contributed by atoms with van der Waals surface area (Å²) < 4.78 is 11.3. The van der Waals surface area contributed by atoms with Gasteiger partial charge in [-0.25, -0.2) is 0 Å². The molecule has 30 heavy (non-hydrogen) atoms. The second kappa shape index (κ2) is 8.34. The Kier molecular flexibility index (Phi) is 5.62. The van der Waals surface area contributed by atoms with Gasteiger partial charge in [0.1, 0.15) is 11.5 Å². The summed E-state index contributed by atoms with van der Waals surface area (Å²) in [7, 11) is 0. The highest BCUT2D eigenvalue weighted by atomic mass is 35.5. The number of fused-ring (bicyclic) bond motifs is 1. The van der Waals surface area contributed by atoms with Crippen molar-refractivity contribution in [3.63, 3.8) is 0 Å². The van der Waals surface area contributed by atoms with Gasteiger partial charge in [0.2, 0.25) is 5.78 Å². The molecule has 0 radical (unpaired) electrons. The van der Waals surface area contributed by atoms with Crippen LogP contribution in [0.25, 0.3) is 6.08 Å². The number of benzene rings is 3. The molecule has 1 heterocycles. The number of ketones is 1. The van der Waals surface area contributed by atoms with E-state index in [0.717, 1.165) is 5.56 Å². The molecule has 0 aliphatic carbocycles. The van der Waals surface area contributed by atoms with Crippen molar-refractivity contribution >= 4 is 41.0 Å². The minimum absolute atomic E-state index is 0.152. The number of hydrogen-bond acceptors (Lipinski definition) is 4. The summed E-state index contributed by atoms with van der Waals surface area (Å²) in [6.07, 6.45) is 1.75. The zero-order valence-electron chi connectivity index (χ0n) is 15.9. The van der Waals surface area contributed by atoms with E-state index >= 15 is 0 Å². The fourth-order valence-electron chi connectivity index (χ4n) is 3.15. The minimum Gasteiger partial charge on any atom is -0.452 e. The van der Waals surface area contributed by atoms with Crippen molar-refractivity contribution in [3.05, 3.63) is 98.7 Å². The average molecular weight is 439 g/mol. The van der Waals surface area contributed by atoms with Crippen LogP contribution in [0.2, 0.25) is 10.0 Å². The maximum Gasteiger partial charge on any atom is 0.315 e. The van der Waals surface area contributed by atoms with E-state index in [-0.39, 0.29) is 23.9 Å². The van der Waals surface area contributed by atoms with Gasteiger partial charge in [0.05, 0.1) is 22.0 Å². The monoisotopic (exact) mass is 438 g/mol. The average Bonchev–Trinajstić information content (AvgIpc) is 3.04. The maximum atomic E-state index is 12.7. The molecule has 150 valence electrons. The van der Waals surface area contributed by atoms with Crippen molar-refractivity contribution in [1.82, 2.24) is 0 Å². The van der Waals surface area contributed by atoms with E-state index in [1.165, 1.54) is 0 Å². The molecule has 6 heteroatoms. The van der Waals surface area contributed by atoms with Crippen molar-refractivity contribution in [3.8, 4) is 11.5 Å². The van der Waals surface area contributed by atoms with Gasteiger partial charge in [-0.1, -0.05) is 59.6 Å². The van der Waals surface area contributed by atoms with Gasteiger partial charge in [0.15, 0.2) is 5.76 Å². The van der Waals surface area contributed by atoms with Gasteiger partial charge in [0.25, 0.3) is 0 Å². The van der Waals surface area contributed by atoms with Crippen LogP contribution in [0.15, 0.2) is 66.4 Å². The second-order valence-electron chi connectivity index (χ2n) is 6.82. The van der Waals surface area contributed by atoms with Crippen LogP contribution in [0, 0.1) is 6.92 Å². The van der Waals surface area contributed by atoms with Crippen molar-refractivity contribution in [2.45, 2.75) is 13.3 Å². The molecule has 0 spiro atoms. The van der Waals surface area contributed by atoms with Gasteiger partial charge in [-0.2, -0.15) is 0 Å². The number of halogens is 2. The Morgan fingerprint density at radius 1 is 1.03 bits per heavy atom. The molecule has 3 aromatic rings. The molecule has 0 saturated heterocycles. The highest BCUT2D eigenvalue weighted by molar-refractivity contribution is 6.42. The summed E-state index contributed by atoms with van der Waals surface area (Å²) in [6.45, 7) is 1.75. The highest BCUT2D eigenvalue weighted by Gasteiger charge is 2.30. The Morgan fingerprint density at radius 3 is 2.53 bits per heavy atom. The number of rotatable bonds is 4. The highest BCUT2D eigenvalue weighted by Crippen LogP contribution is 2.39. The standard InChI is InChI=1S/C24H16Cl2O4/c1-14-20(29-22(27)13-15-5-3-2-4-6-15)10-8-17-23(28)21(30-24(14)17)12-16-7-9-18(25)19(26)11-16/h2-12H,13H2,1H3/b21-12-. The predicted molar refractivity (Wildman–Crippen MR) is 116 cm³/mol. The second-order valence-corrected chi connectivity index (χ2v) is 7.63. The molecule has 0 atom stereocenters. The van der Waals surface area contributed by atoms with Crippen LogP contribution >= 0.6 is 23.2 Å². The molecule has 3 aromatic carbocycles. The summed E-state index contributed by atoms with van der Waals surface area (Å²) in [5, 5.41) is 0.816. The number of ether oxygens (including phenoxy) is 2. The summed E-state index contributed by atoms with van der Waals surface area (Å²) in [6, 6.07) is 17.6. The molecule has 4 nitrogen and oxygen atoms in total. The van der Waals surface area contributed by atoms with Gasteiger partial charge in [-0.05, 0) is 48.4 Å². The number of carbonyl (C=O) groups excluding carboxylic acids is 2. The third kappa shape index (κ3) is 4.11. The van der Waals surface area contributed by atoms with Crippen molar-refractivity contribution in [2.75, 3.05) is 0 Å². The van der Waals surface area contributed by atoms with Gasteiger partial charge in [0, 0.05) is 5.56 Å². The zero-order chi connectivity index (χ0) is 21.3. The Labute approximate surface area is 183 Å². The van der Waals surface area contributed by atoms with Crippen LogP contribution in [0.5, 0.6) is 11.5 Å². The summed E-state index contributed by atoms with van der Waals surface area (Å²) >= 11 is 12.0. The van der Waals surface area contributed by atoms with E-state index in [0.29, 0.717) is 38.2 Å². The molecule has 1 aliphatic heterocycles. The Bertz CT molecular complexity index is 1180. The fourth-order valence-corrected chi connectivity index (χ4v) is 3.46. The minimum atomic E-state index is -0.389. The van der Waals surface area contributed by atoms with E-state index in [4.69, 9.17) is 32.7 Å². The molecule has 1 aliphatic rings. The normalized spacial score (nSPS) is 13.8. The lowest BCUT2D eigenvalue weighted by molar-refractivity contribution is -0.133. The van der Waals surface area contributed by atoms with Gasteiger partial charge >= 0.3 is 5.97 Å². The lowest BCUT2D eigenvalue weighted by Gasteiger charge is -2.10. The first-order valence-corrected chi connectivity index (χ1v) is 9.95. The molecule has 0 unspecified atom stereocenters. The molecular formula is C24H16Cl2O4. The summed E-state index contributed by atoms with van der Waals surface area (Å²) in [4.78, 5) is 25.0. The number of hydrogen-bond donors (Lipinski definition) is 0. The molecule has 0 N–H and O–H groups in total. The Balaban J connectivity index is 1.56. The van der Waals surface area contributed by atoms with E-state index in [2.05, 4.69) is 0 Å². The van der Waals surface area contributed by atoms with Crippen LogP contribution in [0.1, 0.15) is 27.0 Å². The molecule has 0 aromatic heterocycles. The number of carbonyl (C=O) groups is 2. The fraction of sp³-hybridized carbons (Fsp3) is 0.0833. The van der Waals surface area contributed by atoms with E-state index in [1.54, 1.807) is 43.3 Å². The first-order chi connectivity index (χ1) is 14.4. The lowest BCUT2D eigenvalue weighted by atomic mass is 10.1. The van der Waals surface area contributed by atoms with Gasteiger partial charge < -0.3 is 9.47 Å². The molecular weight excluding hydrogens is 423 g/mol. The largest absolute Gasteiger partial charge is 0.452 e. The van der Waals surface area contributed by atoms with Crippen molar-refractivity contribution in [1.29, 1.82) is 0 Å². The number of allylic oxidation sites excluding steroid dienone is 1. The molecule has 0 saturated carbocycles. The number of Topliss-reactive ketones (excluding diaryl/α,β-unsaturated/α-hetero) is 1. The Hall–Kier alpha value is -3.08. The lowest BCUT2D eigenvalue weighted by Crippen LogP contribution is -2.12. The topological polar surface area (TPSA) is 52.6 Å². The maximum absolute atomic E-state index is 12.7. The van der Waals surface area contributed by atoms with E-state index in [9.17, 15) is 9.59 Å². The summed E-state index contributed by atoms with van der Waals surface area (Å²) in [5.74, 6) is 0.273. The predicted octanol–water partition coefficient (Wildman–Crippen LogP) is 6.07. The van der Waals surface area contributed by atoms with Crippen LogP contribution in [-0.4, -0.2) is 11.8 Å². The van der Waals surface area contributed by atoms with E-state index < -0.39 is 0 Å². The molecule has 0 fully saturated rings. The summed E-state index contributed by atoms with van der Waals surface area (Å²) in [5.41, 5.74) is 2.55. The first kappa shape index (κ1) is 20.2. The number of esters is 1. The molecule has 0 bridgehead atoms. The smallest absolute Gasteiger partial charge is 0.315 e. The third-order valence-corrected chi connectivity index (χ3v) is 5.43. The molecule has 4 rings (SSSR count). The zero-order valence-corrected chi connectivity index (χ0v) is 17.5. The van der Waals surface area contributed by atoms with Gasteiger partial charge in [-0.15, -0.1) is 0 Å². The van der Waals surface area contributed by atoms with Crippen LogP contribution in [0.3, 0.4) is 0 Å². The SMILES string of the molecule is Cc1c(OC(=O)Cc2ccccc2)ccc2c1O/C(=C\c1ccc(Cl)c(Cl)c1)C2=O. The van der Waals surface area contributed by atoms with Gasteiger partial charge in [-0.3, -0.25) is 9.59 Å². The van der Waals surface area contributed by atoms with Crippen LogP contribution < -0.4 is 9.47 Å². The Morgan fingerprint density at radius 2 is 1.80 bits per heavy atom. The van der Waals surface area contributed by atoms with E-state index in [1.807, 2.05) is 30.3 Å². The van der Waals surface area contributed by atoms with Crippen LogP contribution in [0.4, 0.5) is 0 Å². The van der Waals surface area contributed by atoms with Crippen LogP contribution in [-0.2, 0) is 11.2 Å². The van der Waals surface area contributed by atoms with Crippen molar-refractivity contribution in [2.24, 2.45) is 0 Å². The quantitative estimate of drug-likeness (QED) is 0.282. The first-order valence-electron chi connectivity index (χ1n) is 9.20. The molecule has 0 amide bonds. The van der Waals surface area contributed by atoms with Crippen molar-refractivity contribution < 1.29 is 19.1 Å². The third-order valence-electron chi connectivity index (χ3n) is 4.69.